The van der Waals surface area contributed by atoms with Crippen molar-refractivity contribution in [3.63, 3.8) is 0 Å². The lowest BCUT2D eigenvalue weighted by Crippen LogP contribution is -2.30. The third kappa shape index (κ3) is 6.30. The van der Waals surface area contributed by atoms with Crippen LogP contribution in [0.15, 0.2) is 36.9 Å². The van der Waals surface area contributed by atoms with Gasteiger partial charge >= 0.3 is 12.1 Å². The molecule has 0 fully saturated rings. The Balaban J connectivity index is 2.75. The zero-order chi connectivity index (χ0) is 16.4. The SMILES string of the molecule is C=CCOC(=O)NC(CC(=O)O)c1ccc(OCCC)cc1. The molecule has 0 heterocycles. The molecule has 1 aromatic carbocycles. The highest BCUT2D eigenvalue weighted by Gasteiger charge is 2.18. The van der Waals surface area contributed by atoms with E-state index in [9.17, 15) is 9.59 Å². The van der Waals surface area contributed by atoms with Gasteiger partial charge in [0, 0.05) is 0 Å². The second-order valence-corrected chi connectivity index (χ2v) is 4.60. The van der Waals surface area contributed by atoms with E-state index in [1.165, 1.54) is 6.08 Å². The van der Waals surface area contributed by atoms with Crippen LogP contribution < -0.4 is 10.1 Å². The summed E-state index contributed by atoms with van der Waals surface area (Å²) in [6, 6.07) is 6.28. The molecule has 0 bridgehead atoms. The number of carboxylic acid groups (broad SMARTS) is 1. The number of carboxylic acids is 1. The number of hydrogen-bond acceptors (Lipinski definition) is 4. The molecule has 0 aromatic heterocycles. The van der Waals surface area contributed by atoms with E-state index in [1.807, 2.05) is 6.92 Å². The minimum absolute atomic E-state index is 0.0649. The molecule has 1 aromatic rings. The van der Waals surface area contributed by atoms with Crippen molar-refractivity contribution in [1.82, 2.24) is 5.32 Å². The number of nitrogens with one attached hydrogen (secondary N) is 1. The van der Waals surface area contributed by atoms with Crippen molar-refractivity contribution in [2.75, 3.05) is 13.2 Å². The van der Waals surface area contributed by atoms with Crippen LogP contribution in [0.1, 0.15) is 31.4 Å². The first kappa shape index (κ1) is 17.6. The van der Waals surface area contributed by atoms with E-state index < -0.39 is 18.1 Å². The average Bonchev–Trinajstić information content (AvgIpc) is 2.50. The highest BCUT2D eigenvalue weighted by molar-refractivity contribution is 5.72. The molecule has 0 aliphatic rings. The molecule has 120 valence electrons. The Morgan fingerprint density at radius 3 is 2.59 bits per heavy atom. The molecule has 0 spiro atoms. The van der Waals surface area contributed by atoms with Crippen molar-refractivity contribution in [3.05, 3.63) is 42.5 Å². The van der Waals surface area contributed by atoms with Gasteiger partial charge in [-0.15, -0.1) is 0 Å². The van der Waals surface area contributed by atoms with Crippen molar-refractivity contribution >= 4 is 12.1 Å². The van der Waals surface area contributed by atoms with Gasteiger partial charge < -0.3 is 19.9 Å². The zero-order valence-corrected chi connectivity index (χ0v) is 12.6. The van der Waals surface area contributed by atoms with E-state index in [0.717, 1.165) is 6.42 Å². The summed E-state index contributed by atoms with van der Waals surface area (Å²) in [4.78, 5) is 22.5. The number of hydrogen-bond donors (Lipinski definition) is 2. The molecule has 0 saturated heterocycles. The Kier molecular flexibility index (Phi) is 7.53. The van der Waals surface area contributed by atoms with Crippen LogP contribution in [0.5, 0.6) is 5.75 Å². The highest BCUT2D eigenvalue weighted by Crippen LogP contribution is 2.21. The van der Waals surface area contributed by atoms with E-state index in [1.54, 1.807) is 24.3 Å². The third-order valence-electron chi connectivity index (χ3n) is 2.76. The zero-order valence-electron chi connectivity index (χ0n) is 12.6. The molecular formula is C16H21NO5. The first-order valence-corrected chi connectivity index (χ1v) is 7.05. The Bertz CT molecular complexity index is 498. The van der Waals surface area contributed by atoms with E-state index in [2.05, 4.69) is 11.9 Å². The molecule has 1 atom stereocenters. The fourth-order valence-electron chi connectivity index (χ4n) is 1.76. The Labute approximate surface area is 129 Å². The predicted molar refractivity (Wildman–Crippen MR) is 81.9 cm³/mol. The summed E-state index contributed by atoms with van der Waals surface area (Å²) in [7, 11) is 0. The van der Waals surface area contributed by atoms with Gasteiger partial charge in [-0.25, -0.2) is 4.79 Å². The van der Waals surface area contributed by atoms with Crippen molar-refractivity contribution < 1.29 is 24.2 Å². The number of carbonyl (C=O) groups excluding carboxylic acids is 1. The van der Waals surface area contributed by atoms with Crippen LogP contribution in [-0.4, -0.2) is 30.4 Å². The van der Waals surface area contributed by atoms with Crippen LogP contribution in [0, 0.1) is 0 Å². The topological polar surface area (TPSA) is 84.9 Å². The maximum atomic E-state index is 11.6. The van der Waals surface area contributed by atoms with Crippen LogP contribution in [0.2, 0.25) is 0 Å². The number of amides is 1. The largest absolute Gasteiger partial charge is 0.494 e. The smallest absolute Gasteiger partial charge is 0.407 e. The summed E-state index contributed by atoms with van der Waals surface area (Å²) in [5.74, 6) is -0.311. The normalized spacial score (nSPS) is 11.3. The van der Waals surface area contributed by atoms with Gasteiger partial charge in [0.2, 0.25) is 0 Å². The van der Waals surface area contributed by atoms with Crippen molar-refractivity contribution in [1.29, 1.82) is 0 Å². The van der Waals surface area contributed by atoms with E-state index in [0.29, 0.717) is 17.9 Å². The van der Waals surface area contributed by atoms with Gasteiger partial charge in [0.05, 0.1) is 19.1 Å². The third-order valence-corrected chi connectivity index (χ3v) is 2.76. The molecule has 0 saturated carbocycles. The lowest BCUT2D eigenvalue weighted by Gasteiger charge is -2.17. The average molecular weight is 307 g/mol. The molecule has 1 amide bonds. The van der Waals surface area contributed by atoms with Crippen LogP contribution in [0.25, 0.3) is 0 Å². The van der Waals surface area contributed by atoms with Crippen molar-refractivity contribution in [2.24, 2.45) is 0 Å². The van der Waals surface area contributed by atoms with Crippen molar-refractivity contribution in [3.8, 4) is 5.75 Å². The minimum atomic E-state index is -1.01. The van der Waals surface area contributed by atoms with Gasteiger partial charge in [-0.2, -0.15) is 0 Å². The fraction of sp³-hybridized carbons (Fsp3) is 0.375. The van der Waals surface area contributed by atoms with Gasteiger partial charge in [0.1, 0.15) is 12.4 Å². The summed E-state index contributed by atoms with van der Waals surface area (Å²) >= 11 is 0. The first-order chi connectivity index (χ1) is 10.6. The molecule has 0 aliphatic heterocycles. The quantitative estimate of drug-likeness (QED) is 0.685. The van der Waals surface area contributed by atoms with Gasteiger partial charge in [0.15, 0.2) is 0 Å². The van der Waals surface area contributed by atoms with E-state index in [-0.39, 0.29) is 13.0 Å². The van der Waals surface area contributed by atoms with Gasteiger partial charge in [-0.05, 0) is 24.1 Å². The molecule has 6 nitrogen and oxygen atoms in total. The molecule has 1 rings (SSSR count). The second kappa shape index (κ2) is 9.44. The monoisotopic (exact) mass is 307 g/mol. The molecular weight excluding hydrogens is 286 g/mol. The maximum absolute atomic E-state index is 11.6. The molecule has 2 N–H and O–H groups in total. The summed E-state index contributed by atoms with van der Waals surface area (Å²) in [6.07, 6.45) is 1.42. The molecule has 0 aliphatic carbocycles. The van der Waals surface area contributed by atoms with Crippen LogP contribution in [0.4, 0.5) is 4.79 Å². The molecule has 0 radical (unpaired) electrons. The Morgan fingerprint density at radius 2 is 2.05 bits per heavy atom. The van der Waals surface area contributed by atoms with Crippen LogP contribution in [0.3, 0.4) is 0 Å². The first-order valence-electron chi connectivity index (χ1n) is 7.05. The number of ether oxygens (including phenoxy) is 2. The predicted octanol–water partition coefficient (Wildman–Crippen LogP) is 2.90. The highest BCUT2D eigenvalue weighted by atomic mass is 16.5. The van der Waals surface area contributed by atoms with Crippen molar-refractivity contribution in [2.45, 2.75) is 25.8 Å². The lowest BCUT2D eigenvalue weighted by molar-refractivity contribution is -0.137. The summed E-state index contributed by atoms with van der Waals surface area (Å²) in [6.45, 7) is 6.13. The maximum Gasteiger partial charge on any atom is 0.407 e. The fourth-order valence-corrected chi connectivity index (χ4v) is 1.76. The standard InChI is InChI=1S/C16H21NO5/c1-3-9-21-13-7-5-12(6-8-13)14(11-15(18)19)17-16(20)22-10-4-2/h4-8,14H,2-3,9-11H2,1H3,(H,17,20)(H,18,19). The van der Waals surface area contributed by atoms with Crippen LogP contribution in [-0.2, 0) is 9.53 Å². The lowest BCUT2D eigenvalue weighted by atomic mass is 10.0. The van der Waals surface area contributed by atoms with E-state index >= 15 is 0 Å². The van der Waals surface area contributed by atoms with Gasteiger partial charge in [-0.3, -0.25) is 4.79 Å². The number of rotatable bonds is 9. The Morgan fingerprint density at radius 1 is 1.36 bits per heavy atom. The van der Waals surface area contributed by atoms with Crippen LogP contribution >= 0.6 is 0 Å². The minimum Gasteiger partial charge on any atom is -0.494 e. The number of carbonyl (C=O) groups is 2. The molecule has 6 heteroatoms. The number of benzene rings is 1. The van der Waals surface area contributed by atoms with Gasteiger partial charge in [0.25, 0.3) is 0 Å². The molecule has 1 unspecified atom stereocenters. The second-order valence-electron chi connectivity index (χ2n) is 4.60. The molecule has 22 heavy (non-hydrogen) atoms. The Hall–Kier alpha value is -2.50. The summed E-state index contributed by atoms with van der Waals surface area (Å²) < 4.78 is 10.3. The summed E-state index contributed by atoms with van der Waals surface area (Å²) in [5, 5.41) is 11.5. The number of aliphatic carboxylic acids is 1. The summed E-state index contributed by atoms with van der Waals surface area (Å²) in [5.41, 5.74) is 0.668. The van der Waals surface area contributed by atoms with Gasteiger partial charge in [-0.1, -0.05) is 31.7 Å². The number of alkyl carbamates (subject to hydrolysis) is 1. The van der Waals surface area contributed by atoms with E-state index in [4.69, 9.17) is 14.6 Å².